The molecular weight excluding hydrogens is 804 g/mol. The van der Waals surface area contributed by atoms with Gasteiger partial charge in [0, 0.05) is 0 Å². The predicted octanol–water partition coefficient (Wildman–Crippen LogP) is 18.1. The van der Waals surface area contributed by atoms with Gasteiger partial charge in [-0.3, -0.25) is 0 Å². The number of fused-ring (bicyclic) bond motifs is 1. The quantitative estimate of drug-likeness (QED) is 0.0626. The van der Waals surface area contributed by atoms with E-state index in [4.69, 9.17) is 9.47 Å². The standard InChI is InChI=1S/C46H82Br2N2O2S/c1-3-5-7-9-11-13-15-17-19-21-23-25-27-29-31-33-35-37-39-51-44-41(47)43-46(53-50-49-43)42(48)45(44)52-40-38-36-34-32-30-28-26-24-22-20-18-16-14-12-10-8-6-4-2/h3-40H2,1-2H3. The van der Waals surface area contributed by atoms with Crippen molar-refractivity contribution in [1.29, 1.82) is 0 Å². The van der Waals surface area contributed by atoms with Crippen LogP contribution in [0.5, 0.6) is 11.5 Å². The van der Waals surface area contributed by atoms with Crippen molar-refractivity contribution < 1.29 is 9.47 Å². The second-order valence-corrected chi connectivity index (χ2v) is 18.3. The highest BCUT2D eigenvalue weighted by molar-refractivity contribution is 9.11. The van der Waals surface area contributed by atoms with E-state index in [0.717, 1.165) is 43.5 Å². The van der Waals surface area contributed by atoms with Crippen molar-refractivity contribution >= 4 is 53.6 Å². The Balaban J connectivity index is 1.48. The van der Waals surface area contributed by atoms with Crippen molar-refractivity contribution in [2.75, 3.05) is 13.2 Å². The summed E-state index contributed by atoms with van der Waals surface area (Å²) in [6.07, 6.45) is 49.8. The third kappa shape index (κ3) is 24.8. The molecule has 0 aliphatic heterocycles. The van der Waals surface area contributed by atoms with Gasteiger partial charge in [0.1, 0.15) is 5.52 Å². The van der Waals surface area contributed by atoms with E-state index in [1.54, 1.807) is 0 Å². The monoisotopic (exact) mass is 884 g/mol. The van der Waals surface area contributed by atoms with Gasteiger partial charge in [0.05, 0.1) is 26.9 Å². The lowest BCUT2D eigenvalue weighted by Gasteiger charge is -2.16. The van der Waals surface area contributed by atoms with Crippen molar-refractivity contribution in [1.82, 2.24) is 9.59 Å². The molecule has 0 unspecified atom stereocenters. The van der Waals surface area contributed by atoms with Crippen molar-refractivity contribution in [3.8, 4) is 11.5 Å². The van der Waals surface area contributed by atoms with Crippen molar-refractivity contribution in [3.63, 3.8) is 0 Å². The molecule has 308 valence electrons. The molecule has 0 aliphatic rings. The zero-order valence-electron chi connectivity index (χ0n) is 34.7. The van der Waals surface area contributed by atoms with E-state index < -0.39 is 0 Å². The number of hydrogen-bond donors (Lipinski definition) is 0. The molecule has 2 rings (SSSR count). The van der Waals surface area contributed by atoms with Gasteiger partial charge in [-0.05, 0) is 56.2 Å². The average molecular weight is 887 g/mol. The Morgan fingerprint density at radius 2 is 0.642 bits per heavy atom. The SMILES string of the molecule is CCCCCCCCCCCCCCCCCCCCOc1c(OCCCCCCCCCCCCCCCCCCCC)c(Br)c2snnc2c1Br. The minimum atomic E-state index is 0.697. The summed E-state index contributed by atoms with van der Waals surface area (Å²) in [5.41, 5.74) is 0.843. The Hall–Kier alpha value is -0.400. The molecule has 0 fully saturated rings. The smallest absolute Gasteiger partial charge is 0.178 e. The number of unbranched alkanes of at least 4 members (excludes halogenated alkanes) is 34. The van der Waals surface area contributed by atoms with E-state index in [-0.39, 0.29) is 0 Å². The number of aromatic nitrogens is 2. The Morgan fingerprint density at radius 1 is 0.377 bits per heavy atom. The minimum absolute atomic E-state index is 0.697. The summed E-state index contributed by atoms with van der Waals surface area (Å²) in [5, 5.41) is 4.36. The molecule has 0 radical (unpaired) electrons. The van der Waals surface area contributed by atoms with E-state index in [2.05, 4.69) is 55.3 Å². The molecule has 53 heavy (non-hydrogen) atoms. The fraction of sp³-hybridized carbons (Fsp3) is 0.870. The van der Waals surface area contributed by atoms with Crippen LogP contribution in [0.15, 0.2) is 8.95 Å². The first-order valence-electron chi connectivity index (χ1n) is 23.1. The van der Waals surface area contributed by atoms with Crippen LogP contribution < -0.4 is 9.47 Å². The van der Waals surface area contributed by atoms with E-state index in [1.165, 1.54) is 230 Å². The highest BCUT2D eigenvalue weighted by Crippen LogP contribution is 2.48. The Morgan fingerprint density at radius 3 is 0.943 bits per heavy atom. The van der Waals surface area contributed by atoms with Crippen LogP contribution in [0.2, 0.25) is 0 Å². The first-order chi connectivity index (χ1) is 26.2. The molecule has 1 heterocycles. The van der Waals surface area contributed by atoms with Gasteiger partial charge in [0.15, 0.2) is 11.5 Å². The Kier molecular flexibility index (Phi) is 33.1. The van der Waals surface area contributed by atoms with Crippen LogP contribution >= 0.6 is 43.4 Å². The molecule has 0 saturated carbocycles. The number of benzene rings is 1. The lowest BCUT2D eigenvalue weighted by Crippen LogP contribution is -2.04. The molecular formula is C46H82Br2N2O2S. The second kappa shape index (κ2) is 36.0. The van der Waals surface area contributed by atoms with Gasteiger partial charge < -0.3 is 9.47 Å². The molecule has 0 bridgehead atoms. The maximum absolute atomic E-state index is 6.40. The summed E-state index contributed by atoms with van der Waals surface area (Å²) in [7, 11) is 0. The normalized spacial score (nSPS) is 11.6. The third-order valence-electron chi connectivity index (χ3n) is 11.0. The Labute approximate surface area is 349 Å². The fourth-order valence-electron chi connectivity index (χ4n) is 7.50. The van der Waals surface area contributed by atoms with Crippen LogP contribution in [0.25, 0.3) is 10.2 Å². The summed E-state index contributed by atoms with van der Waals surface area (Å²) in [4.78, 5) is 0. The van der Waals surface area contributed by atoms with Gasteiger partial charge in [-0.25, -0.2) is 0 Å². The third-order valence-corrected chi connectivity index (χ3v) is 13.5. The van der Waals surface area contributed by atoms with Crippen molar-refractivity contribution in [2.45, 2.75) is 245 Å². The molecule has 0 aliphatic carbocycles. The lowest BCUT2D eigenvalue weighted by molar-refractivity contribution is 0.256. The number of ether oxygens (including phenoxy) is 2. The number of hydrogen-bond acceptors (Lipinski definition) is 5. The van der Waals surface area contributed by atoms with Crippen LogP contribution in [0.3, 0.4) is 0 Å². The molecule has 1 aromatic carbocycles. The van der Waals surface area contributed by atoms with Crippen LogP contribution in [-0.4, -0.2) is 22.8 Å². The molecule has 0 N–H and O–H groups in total. The molecule has 0 spiro atoms. The van der Waals surface area contributed by atoms with E-state index >= 15 is 0 Å². The average Bonchev–Trinajstić information content (AvgIpc) is 3.67. The van der Waals surface area contributed by atoms with Crippen molar-refractivity contribution in [2.24, 2.45) is 0 Å². The molecule has 0 saturated heterocycles. The van der Waals surface area contributed by atoms with Crippen LogP contribution in [0.1, 0.15) is 245 Å². The minimum Gasteiger partial charge on any atom is -0.488 e. The molecule has 1 aromatic heterocycles. The maximum atomic E-state index is 6.40. The van der Waals surface area contributed by atoms with Gasteiger partial charge in [0.25, 0.3) is 0 Å². The molecule has 4 nitrogen and oxygen atoms in total. The van der Waals surface area contributed by atoms with E-state index in [1.807, 2.05) is 0 Å². The largest absolute Gasteiger partial charge is 0.488 e. The second-order valence-electron chi connectivity index (χ2n) is 16.0. The van der Waals surface area contributed by atoms with Gasteiger partial charge in [0.2, 0.25) is 0 Å². The van der Waals surface area contributed by atoms with Crippen LogP contribution in [0, 0.1) is 0 Å². The zero-order chi connectivity index (χ0) is 37.9. The van der Waals surface area contributed by atoms with Gasteiger partial charge in [-0.1, -0.05) is 237 Å². The van der Waals surface area contributed by atoms with Crippen molar-refractivity contribution in [3.05, 3.63) is 8.95 Å². The first-order valence-corrected chi connectivity index (χ1v) is 25.4. The molecule has 0 atom stereocenters. The summed E-state index contributed by atoms with van der Waals surface area (Å²) in [5.74, 6) is 1.57. The molecule has 0 amide bonds. The zero-order valence-corrected chi connectivity index (χ0v) is 38.7. The predicted molar refractivity (Wildman–Crippen MR) is 241 cm³/mol. The number of nitrogens with zero attached hydrogens (tertiary/aromatic N) is 2. The topological polar surface area (TPSA) is 44.2 Å². The summed E-state index contributed by atoms with van der Waals surface area (Å²) in [6, 6.07) is 0. The van der Waals surface area contributed by atoms with E-state index in [9.17, 15) is 0 Å². The number of rotatable bonds is 40. The first kappa shape index (κ1) is 48.7. The highest BCUT2D eigenvalue weighted by atomic mass is 79.9. The van der Waals surface area contributed by atoms with Gasteiger partial charge in [-0.2, -0.15) is 0 Å². The summed E-state index contributed by atoms with van der Waals surface area (Å²) < 4.78 is 19.8. The lowest BCUT2D eigenvalue weighted by atomic mass is 10.0. The van der Waals surface area contributed by atoms with Gasteiger partial charge >= 0.3 is 0 Å². The van der Waals surface area contributed by atoms with E-state index in [0.29, 0.717) is 13.2 Å². The van der Waals surface area contributed by atoms with Crippen LogP contribution in [0.4, 0.5) is 0 Å². The molecule has 7 heteroatoms. The summed E-state index contributed by atoms with van der Waals surface area (Å²) >= 11 is 8.97. The highest BCUT2D eigenvalue weighted by Gasteiger charge is 2.22. The summed E-state index contributed by atoms with van der Waals surface area (Å²) in [6.45, 7) is 6.00. The Bertz CT molecular complexity index is 1020. The van der Waals surface area contributed by atoms with Gasteiger partial charge in [-0.15, -0.1) is 5.10 Å². The molecule has 2 aromatic rings. The van der Waals surface area contributed by atoms with Crippen LogP contribution in [-0.2, 0) is 0 Å². The fourth-order valence-corrected chi connectivity index (χ4v) is 9.51. The maximum Gasteiger partial charge on any atom is 0.178 e. The number of halogens is 2.